The fourth-order valence-electron chi connectivity index (χ4n) is 1.60. The van der Waals surface area contributed by atoms with Crippen molar-refractivity contribution >= 4 is 17.4 Å². The first-order valence-electron chi connectivity index (χ1n) is 6.11. The van der Waals surface area contributed by atoms with Gasteiger partial charge >= 0.3 is 0 Å². The second kappa shape index (κ2) is 5.17. The first kappa shape index (κ1) is 13.8. The van der Waals surface area contributed by atoms with E-state index >= 15 is 0 Å². The maximum Gasteiger partial charge on any atom is 0.137 e. The van der Waals surface area contributed by atoms with Gasteiger partial charge in [0.2, 0.25) is 0 Å². The van der Waals surface area contributed by atoms with Gasteiger partial charge in [-0.15, -0.1) is 0 Å². The molecule has 0 unspecified atom stereocenters. The van der Waals surface area contributed by atoms with E-state index in [0.29, 0.717) is 11.7 Å². The smallest absolute Gasteiger partial charge is 0.137 e. The predicted octanol–water partition coefficient (Wildman–Crippen LogP) is 2.77. The highest BCUT2D eigenvalue weighted by Gasteiger charge is 2.18. The van der Waals surface area contributed by atoms with Crippen LogP contribution in [0, 0.1) is 0 Å². The summed E-state index contributed by atoms with van der Waals surface area (Å²) in [5.74, 6) is 1.46. The zero-order chi connectivity index (χ0) is 14.0. The molecule has 1 N–H and O–H groups in total. The van der Waals surface area contributed by atoms with Crippen LogP contribution < -0.4 is 5.32 Å². The molecule has 0 saturated heterocycles. The van der Waals surface area contributed by atoms with E-state index in [-0.39, 0.29) is 5.41 Å². The Morgan fingerprint density at radius 2 is 2.05 bits per heavy atom. The van der Waals surface area contributed by atoms with E-state index in [2.05, 4.69) is 41.2 Å². The monoisotopic (exact) mass is 279 g/mol. The van der Waals surface area contributed by atoms with E-state index in [9.17, 15) is 0 Å². The van der Waals surface area contributed by atoms with Gasteiger partial charge < -0.3 is 5.32 Å². The Bertz CT molecular complexity index is 571. The summed E-state index contributed by atoms with van der Waals surface area (Å²) in [5.41, 5.74) is 0.963. The molecule has 0 fully saturated rings. The number of rotatable bonds is 3. The number of nitrogens with one attached hydrogen (secondary N) is 1. The molecule has 0 saturated carbocycles. The quantitative estimate of drug-likeness (QED) is 0.878. The molecule has 2 aromatic rings. The lowest BCUT2D eigenvalue weighted by atomic mass is 9.96. The highest BCUT2D eigenvalue weighted by Crippen LogP contribution is 2.22. The summed E-state index contributed by atoms with van der Waals surface area (Å²) in [6.45, 7) is 6.83. The number of anilines is 1. The van der Waals surface area contributed by atoms with Gasteiger partial charge in [-0.25, -0.2) is 9.97 Å². The Balaban J connectivity index is 2.14. The van der Waals surface area contributed by atoms with Gasteiger partial charge in [0.1, 0.15) is 16.8 Å². The van der Waals surface area contributed by atoms with Crippen molar-refractivity contribution in [1.29, 1.82) is 0 Å². The number of aromatic nitrogens is 4. The third kappa shape index (κ3) is 3.67. The first-order valence-corrected chi connectivity index (χ1v) is 6.49. The molecule has 0 radical (unpaired) electrons. The van der Waals surface area contributed by atoms with Crippen LogP contribution in [-0.2, 0) is 19.0 Å². The van der Waals surface area contributed by atoms with Crippen molar-refractivity contribution in [2.75, 3.05) is 5.32 Å². The van der Waals surface area contributed by atoms with Crippen LogP contribution in [0.1, 0.15) is 32.2 Å². The van der Waals surface area contributed by atoms with Crippen molar-refractivity contribution in [3.63, 3.8) is 0 Å². The molecule has 2 rings (SSSR count). The van der Waals surface area contributed by atoms with Gasteiger partial charge in [-0.1, -0.05) is 32.4 Å². The molecule has 0 amide bonds. The summed E-state index contributed by atoms with van der Waals surface area (Å²) >= 11 is 6.03. The van der Waals surface area contributed by atoms with Crippen LogP contribution in [0.2, 0.25) is 5.15 Å². The first-order chi connectivity index (χ1) is 8.84. The fraction of sp³-hybridized carbons (Fsp3) is 0.462. The molecule has 0 aliphatic heterocycles. The van der Waals surface area contributed by atoms with Gasteiger partial charge in [0.15, 0.2) is 0 Å². The van der Waals surface area contributed by atoms with Crippen LogP contribution >= 0.6 is 11.6 Å². The van der Waals surface area contributed by atoms with Crippen molar-refractivity contribution in [2.24, 2.45) is 7.05 Å². The standard InChI is InChI=1S/C13H18ClN5/c1-13(2,3)12-17-10(14)5-11(18-12)15-6-9-7-16-19(4)8-9/h5,7-8H,6H2,1-4H3,(H,15,17,18). The summed E-state index contributed by atoms with van der Waals surface area (Å²) in [6.07, 6.45) is 3.78. The van der Waals surface area contributed by atoms with E-state index in [1.807, 2.05) is 19.4 Å². The molecule has 102 valence electrons. The van der Waals surface area contributed by atoms with Crippen molar-refractivity contribution in [2.45, 2.75) is 32.7 Å². The van der Waals surface area contributed by atoms with Crippen LogP contribution in [0.3, 0.4) is 0 Å². The number of aryl methyl sites for hydroxylation is 1. The van der Waals surface area contributed by atoms with Gasteiger partial charge in [0.25, 0.3) is 0 Å². The topological polar surface area (TPSA) is 55.6 Å². The van der Waals surface area contributed by atoms with Crippen molar-refractivity contribution in [3.05, 3.63) is 35.0 Å². The van der Waals surface area contributed by atoms with Crippen molar-refractivity contribution in [1.82, 2.24) is 19.7 Å². The van der Waals surface area contributed by atoms with E-state index in [1.54, 1.807) is 10.7 Å². The van der Waals surface area contributed by atoms with E-state index < -0.39 is 0 Å². The summed E-state index contributed by atoms with van der Waals surface area (Å²) in [4.78, 5) is 8.75. The minimum absolute atomic E-state index is 0.129. The molecule has 0 aliphatic rings. The maximum atomic E-state index is 6.03. The molecule has 2 aromatic heterocycles. The summed E-state index contributed by atoms with van der Waals surface area (Å²) in [5, 5.41) is 7.81. The summed E-state index contributed by atoms with van der Waals surface area (Å²) in [6, 6.07) is 1.73. The van der Waals surface area contributed by atoms with E-state index in [0.717, 1.165) is 17.2 Å². The average Bonchev–Trinajstić information content (AvgIpc) is 2.71. The van der Waals surface area contributed by atoms with Crippen LogP contribution in [0.15, 0.2) is 18.5 Å². The minimum atomic E-state index is -0.129. The number of nitrogens with zero attached hydrogens (tertiary/aromatic N) is 4. The lowest BCUT2D eigenvalue weighted by molar-refractivity contribution is 0.546. The lowest BCUT2D eigenvalue weighted by Crippen LogP contribution is -2.17. The number of halogens is 1. The van der Waals surface area contributed by atoms with Crippen LogP contribution in [0.25, 0.3) is 0 Å². The van der Waals surface area contributed by atoms with Crippen molar-refractivity contribution < 1.29 is 0 Å². The SMILES string of the molecule is Cn1cc(CNc2cc(Cl)nc(C(C)(C)C)n2)cn1. The van der Waals surface area contributed by atoms with E-state index in [4.69, 9.17) is 11.6 Å². The molecule has 0 spiro atoms. The molecule has 5 nitrogen and oxygen atoms in total. The van der Waals surface area contributed by atoms with E-state index in [1.165, 1.54) is 0 Å². The molecule has 2 heterocycles. The predicted molar refractivity (Wildman–Crippen MR) is 76.3 cm³/mol. The summed E-state index contributed by atoms with van der Waals surface area (Å²) < 4.78 is 1.77. The summed E-state index contributed by atoms with van der Waals surface area (Å²) in [7, 11) is 1.89. The Morgan fingerprint density at radius 1 is 1.32 bits per heavy atom. The number of hydrogen-bond donors (Lipinski definition) is 1. The highest BCUT2D eigenvalue weighted by atomic mass is 35.5. The zero-order valence-corrected chi connectivity index (χ0v) is 12.4. The Labute approximate surface area is 118 Å². The molecule has 0 aromatic carbocycles. The van der Waals surface area contributed by atoms with Crippen LogP contribution in [0.4, 0.5) is 5.82 Å². The normalized spacial score (nSPS) is 11.6. The van der Waals surface area contributed by atoms with Crippen molar-refractivity contribution in [3.8, 4) is 0 Å². The molecule has 0 bridgehead atoms. The molecular weight excluding hydrogens is 262 g/mol. The van der Waals surface area contributed by atoms with Gasteiger partial charge in [-0.3, -0.25) is 4.68 Å². The molecular formula is C13H18ClN5. The third-order valence-electron chi connectivity index (χ3n) is 2.60. The minimum Gasteiger partial charge on any atom is -0.366 e. The molecule has 0 atom stereocenters. The molecule has 6 heteroatoms. The second-order valence-electron chi connectivity index (χ2n) is 5.53. The Morgan fingerprint density at radius 3 is 2.63 bits per heavy atom. The highest BCUT2D eigenvalue weighted by molar-refractivity contribution is 6.29. The Kier molecular flexibility index (Phi) is 3.75. The molecule has 0 aliphatic carbocycles. The van der Waals surface area contributed by atoms with Crippen LogP contribution in [0.5, 0.6) is 0 Å². The van der Waals surface area contributed by atoms with Gasteiger partial charge in [0.05, 0.1) is 6.20 Å². The largest absolute Gasteiger partial charge is 0.366 e. The Hall–Kier alpha value is -1.62. The van der Waals surface area contributed by atoms with Gasteiger partial charge in [-0.05, 0) is 0 Å². The molecule has 19 heavy (non-hydrogen) atoms. The fourth-order valence-corrected chi connectivity index (χ4v) is 1.78. The average molecular weight is 280 g/mol. The second-order valence-corrected chi connectivity index (χ2v) is 5.91. The third-order valence-corrected chi connectivity index (χ3v) is 2.79. The van der Waals surface area contributed by atoms with Gasteiger partial charge in [-0.2, -0.15) is 5.10 Å². The zero-order valence-electron chi connectivity index (χ0n) is 11.6. The maximum absolute atomic E-state index is 6.03. The van der Waals surface area contributed by atoms with Crippen LogP contribution in [-0.4, -0.2) is 19.7 Å². The number of hydrogen-bond acceptors (Lipinski definition) is 4. The van der Waals surface area contributed by atoms with Gasteiger partial charge in [0, 0.05) is 36.8 Å². The lowest BCUT2D eigenvalue weighted by Gasteiger charge is -2.17.